The average Bonchev–Trinajstić information content (AvgIpc) is 3.47. The van der Waals surface area contributed by atoms with Crippen LogP contribution in [0.5, 0.6) is 0 Å². The maximum absolute atomic E-state index is 14.3. The minimum Gasteiger partial charge on any atom is -0.394 e. The van der Waals surface area contributed by atoms with Gasteiger partial charge in [-0.2, -0.15) is 0 Å². The van der Waals surface area contributed by atoms with E-state index in [0.717, 1.165) is 12.0 Å². The molecule has 206 valence electrons. The summed E-state index contributed by atoms with van der Waals surface area (Å²) in [5.74, 6) is -1.58. The number of carbonyl (C=O) groups excluding carboxylic acids is 3. The highest BCUT2D eigenvalue weighted by Crippen LogP contribution is 2.72. The third-order valence-corrected chi connectivity index (χ3v) is 10.5. The van der Waals surface area contributed by atoms with Crippen LogP contribution in [0.4, 0.5) is 0 Å². The van der Waals surface area contributed by atoms with Gasteiger partial charge in [0, 0.05) is 30.4 Å². The highest BCUT2D eigenvalue weighted by Gasteiger charge is 2.77. The Kier molecular flexibility index (Phi) is 8.15. The molecular formula is C30H41N3O4S. The lowest BCUT2D eigenvalue weighted by atomic mass is 9.66. The molecule has 3 amide bonds. The van der Waals surface area contributed by atoms with E-state index in [4.69, 9.17) is 0 Å². The van der Waals surface area contributed by atoms with E-state index in [1.807, 2.05) is 44.2 Å². The lowest BCUT2D eigenvalue weighted by molar-refractivity contribution is -0.148. The molecule has 2 unspecified atom stereocenters. The molecule has 4 rings (SSSR count). The average molecular weight is 540 g/mol. The fraction of sp³-hybridized carbons (Fsp3) is 0.567. The fourth-order valence-electron chi connectivity index (χ4n) is 6.82. The van der Waals surface area contributed by atoms with Crippen LogP contribution in [0, 0.1) is 11.8 Å². The summed E-state index contributed by atoms with van der Waals surface area (Å²) < 4.78 is -1.17. The van der Waals surface area contributed by atoms with E-state index in [0.29, 0.717) is 26.1 Å². The summed E-state index contributed by atoms with van der Waals surface area (Å²) in [6.07, 6.45) is 4.85. The molecule has 3 saturated heterocycles. The number of benzene rings is 1. The standard InChI is InChI=1S/C30H41N3O4S/c1-7-16-31(18-22-12-10-9-11-13-22)26(35)23-24-27(36)33(21(5)19-34)25(28(37)32(17-8-2)20(3)4)30(24)15-14-29(23,6)38-30/h7-13,20-21,23-25,34H,1-2,14-19H2,3-6H3/t21-,23+,24+,25?,29-,30?/m1/s1. The molecule has 3 fully saturated rings. The number of thioether (sulfide) groups is 1. The van der Waals surface area contributed by atoms with Gasteiger partial charge in [0.15, 0.2) is 0 Å². The SMILES string of the molecule is C=CCN(Cc1ccccc1)C(=O)[C@@H]1[C@H]2C(=O)N([C@H](C)CO)C(C(=O)N(CC=C)C(C)C)C23CC[C@@]1(C)S3. The van der Waals surface area contributed by atoms with Crippen molar-refractivity contribution in [2.24, 2.45) is 11.8 Å². The lowest BCUT2D eigenvalue weighted by Gasteiger charge is -2.40. The van der Waals surface area contributed by atoms with Crippen LogP contribution in [0.2, 0.25) is 0 Å². The van der Waals surface area contributed by atoms with Gasteiger partial charge in [0.2, 0.25) is 17.7 Å². The molecule has 7 nitrogen and oxygen atoms in total. The second kappa shape index (κ2) is 10.9. The van der Waals surface area contributed by atoms with Crippen molar-refractivity contribution in [1.29, 1.82) is 0 Å². The number of likely N-dealkylation sites (tertiary alicyclic amines) is 1. The van der Waals surface area contributed by atoms with Gasteiger partial charge in [-0.25, -0.2) is 0 Å². The first-order valence-corrected chi connectivity index (χ1v) is 14.4. The van der Waals surface area contributed by atoms with Gasteiger partial charge < -0.3 is 19.8 Å². The van der Waals surface area contributed by atoms with Crippen molar-refractivity contribution in [2.45, 2.75) is 74.7 Å². The van der Waals surface area contributed by atoms with Crippen molar-refractivity contribution < 1.29 is 19.5 Å². The molecule has 1 aromatic carbocycles. The highest BCUT2D eigenvalue weighted by atomic mass is 32.2. The molecule has 3 aliphatic rings. The van der Waals surface area contributed by atoms with E-state index in [1.165, 1.54) is 0 Å². The van der Waals surface area contributed by atoms with Crippen LogP contribution in [-0.2, 0) is 20.9 Å². The lowest BCUT2D eigenvalue weighted by Crippen LogP contribution is -2.58. The molecule has 1 spiro atoms. The molecule has 3 aliphatic heterocycles. The summed E-state index contributed by atoms with van der Waals surface area (Å²) in [6.45, 7) is 16.4. The Bertz CT molecular complexity index is 1090. The molecule has 3 heterocycles. The van der Waals surface area contributed by atoms with Crippen molar-refractivity contribution in [1.82, 2.24) is 14.7 Å². The minimum absolute atomic E-state index is 0.0693. The summed E-state index contributed by atoms with van der Waals surface area (Å²) in [6, 6.07) is 8.46. The molecule has 0 aliphatic carbocycles. The predicted molar refractivity (Wildman–Crippen MR) is 151 cm³/mol. The fourth-order valence-corrected chi connectivity index (χ4v) is 9.15. The summed E-state index contributed by atoms with van der Waals surface area (Å²) in [5.41, 5.74) is 1.01. The predicted octanol–water partition coefficient (Wildman–Crippen LogP) is 3.49. The molecule has 0 saturated carbocycles. The van der Waals surface area contributed by atoms with E-state index in [1.54, 1.807) is 45.5 Å². The Balaban J connectivity index is 1.77. The first-order chi connectivity index (χ1) is 18.1. The van der Waals surface area contributed by atoms with Crippen molar-refractivity contribution >= 4 is 29.5 Å². The summed E-state index contributed by atoms with van der Waals surface area (Å²) in [5, 5.41) is 10.1. The first kappa shape index (κ1) is 28.4. The molecule has 0 radical (unpaired) electrons. The number of hydrogen-bond acceptors (Lipinski definition) is 5. The molecule has 38 heavy (non-hydrogen) atoms. The second-order valence-corrected chi connectivity index (χ2v) is 13.3. The van der Waals surface area contributed by atoms with Crippen LogP contribution >= 0.6 is 11.8 Å². The highest BCUT2D eigenvalue weighted by molar-refractivity contribution is 8.02. The number of aliphatic hydroxyl groups is 1. The zero-order valence-electron chi connectivity index (χ0n) is 23.0. The third kappa shape index (κ3) is 4.49. The van der Waals surface area contributed by atoms with Gasteiger partial charge in [0.05, 0.1) is 29.2 Å². The molecule has 0 aromatic heterocycles. The van der Waals surface area contributed by atoms with Crippen LogP contribution in [-0.4, -0.2) is 84.8 Å². The molecule has 1 N–H and O–H groups in total. The van der Waals surface area contributed by atoms with E-state index in [2.05, 4.69) is 20.1 Å². The number of amides is 3. The molecule has 2 bridgehead atoms. The Morgan fingerprint density at radius 1 is 1.13 bits per heavy atom. The van der Waals surface area contributed by atoms with Crippen LogP contribution in [0.15, 0.2) is 55.6 Å². The number of rotatable bonds is 11. The normalized spacial score (nSPS) is 30.3. The van der Waals surface area contributed by atoms with E-state index >= 15 is 0 Å². The van der Waals surface area contributed by atoms with Gasteiger partial charge in [-0.05, 0) is 46.1 Å². The molecule has 6 atom stereocenters. The van der Waals surface area contributed by atoms with Crippen LogP contribution in [0.25, 0.3) is 0 Å². The number of aliphatic hydroxyl groups excluding tert-OH is 1. The van der Waals surface area contributed by atoms with Crippen LogP contribution in [0.1, 0.15) is 46.1 Å². The van der Waals surface area contributed by atoms with Crippen molar-refractivity contribution in [3.63, 3.8) is 0 Å². The maximum atomic E-state index is 14.3. The van der Waals surface area contributed by atoms with Gasteiger partial charge in [0.25, 0.3) is 0 Å². The Morgan fingerprint density at radius 3 is 2.37 bits per heavy atom. The van der Waals surface area contributed by atoms with Gasteiger partial charge in [-0.3, -0.25) is 14.4 Å². The van der Waals surface area contributed by atoms with Gasteiger partial charge in [-0.1, -0.05) is 42.5 Å². The molecule has 8 heteroatoms. The Labute approximate surface area is 230 Å². The van der Waals surface area contributed by atoms with Gasteiger partial charge in [-0.15, -0.1) is 24.9 Å². The second-order valence-electron chi connectivity index (χ2n) is 11.4. The van der Waals surface area contributed by atoms with Gasteiger partial charge in [0.1, 0.15) is 6.04 Å². The monoisotopic (exact) mass is 539 g/mol. The van der Waals surface area contributed by atoms with Crippen LogP contribution < -0.4 is 0 Å². The van der Waals surface area contributed by atoms with Crippen LogP contribution in [0.3, 0.4) is 0 Å². The third-order valence-electron chi connectivity index (χ3n) is 8.56. The summed E-state index contributed by atoms with van der Waals surface area (Å²) in [7, 11) is 0. The Morgan fingerprint density at radius 2 is 1.79 bits per heavy atom. The van der Waals surface area contributed by atoms with E-state index in [-0.39, 0.29) is 30.4 Å². The van der Waals surface area contributed by atoms with E-state index in [9.17, 15) is 19.5 Å². The number of hydrogen-bond donors (Lipinski definition) is 1. The van der Waals surface area contributed by atoms with Crippen molar-refractivity contribution in [2.75, 3.05) is 19.7 Å². The largest absolute Gasteiger partial charge is 0.394 e. The van der Waals surface area contributed by atoms with Crippen molar-refractivity contribution in [3.8, 4) is 0 Å². The summed E-state index contributed by atoms with van der Waals surface area (Å²) >= 11 is 1.66. The van der Waals surface area contributed by atoms with Gasteiger partial charge >= 0.3 is 0 Å². The zero-order chi connectivity index (χ0) is 27.8. The van der Waals surface area contributed by atoms with E-state index < -0.39 is 33.4 Å². The maximum Gasteiger partial charge on any atom is 0.247 e. The smallest absolute Gasteiger partial charge is 0.247 e. The number of fused-ring (bicyclic) bond motifs is 1. The number of carbonyl (C=O) groups is 3. The molecular weight excluding hydrogens is 498 g/mol. The first-order valence-electron chi connectivity index (χ1n) is 13.5. The minimum atomic E-state index is -0.740. The summed E-state index contributed by atoms with van der Waals surface area (Å²) in [4.78, 5) is 47.9. The van der Waals surface area contributed by atoms with Crippen molar-refractivity contribution in [3.05, 3.63) is 61.2 Å². The molecule has 1 aromatic rings. The zero-order valence-corrected chi connectivity index (χ0v) is 23.8. The Hall–Kier alpha value is -2.58. The number of nitrogens with zero attached hydrogens (tertiary/aromatic N) is 3. The quantitative estimate of drug-likeness (QED) is 0.436. The topological polar surface area (TPSA) is 81.2 Å².